The van der Waals surface area contributed by atoms with Gasteiger partial charge in [-0.25, -0.2) is 0 Å². The highest BCUT2D eigenvalue weighted by Crippen LogP contribution is 2.37. The van der Waals surface area contributed by atoms with Gasteiger partial charge in [-0.2, -0.15) is 0 Å². The Bertz CT molecular complexity index is 1190. The van der Waals surface area contributed by atoms with Gasteiger partial charge in [0, 0.05) is 23.5 Å². The van der Waals surface area contributed by atoms with E-state index >= 15 is 0 Å². The van der Waals surface area contributed by atoms with Crippen LogP contribution in [0.5, 0.6) is 0 Å². The molecule has 1 heterocycles. The molecule has 0 saturated carbocycles. The van der Waals surface area contributed by atoms with E-state index in [0.717, 1.165) is 28.4 Å². The molecule has 3 amide bonds. The Balaban J connectivity index is 1.61. The second kappa shape index (κ2) is 9.45. The van der Waals surface area contributed by atoms with Crippen molar-refractivity contribution in [1.82, 2.24) is 10.2 Å². The molecule has 0 aromatic heterocycles. The van der Waals surface area contributed by atoms with Gasteiger partial charge in [-0.05, 0) is 43.4 Å². The zero-order chi connectivity index (χ0) is 23.5. The molecule has 0 bridgehead atoms. The Morgan fingerprint density at radius 2 is 1.67 bits per heavy atom. The average Bonchev–Trinajstić information content (AvgIpc) is 3.10. The lowest BCUT2D eigenvalue weighted by atomic mass is 10.1. The van der Waals surface area contributed by atoms with Crippen molar-refractivity contribution in [2.75, 3.05) is 11.4 Å². The predicted octanol–water partition coefficient (Wildman–Crippen LogP) is 4.13. The second-order valence-corrected chi connectivity index (χ2v) is 8.57. The number of hydrogen-bond donors (Lipinski definition) is 1. The molecule has 170 valence electrons. The number of anilines is 1. The van der Waals surface area contributed by atoms with Crippen LogP contribution in [0.25, 0.3) is 10.8 Å². The van der Waals surface area contributed by atoms with Crippen molar-refractivity contribution in [2.45, 2.75) is 45.8 Å². The van der Waals surface area contributed by atoms with Crippen LogP contribution in [0, 0.1) is 0 Å². The number of nitrogens with one attached hydrogen (secondary N) is 1. The van der Waals surface area contributed by atoms with Crippen molar-refractivity contribution >= 4 is 34.2 Å². The van der Waals surface area contributed by atoms with E-state index in [1.165, 1.54) is 4.90 Å². The molecule has 1 N–H and O–H groups in total. The summed E-state index contributed by atoms with van der Waals surface area (Å²) in [5.74, 6) is -0.665. The maximum Gasteiger partial charge on any atom is 0.259 e. The molecule has 3 aromatic carbocycles. The number of amides is 3. The Labute approximate surface area is 194 Å². The maximum atomic E-state index is 13.6. The highest BCUT2D eigenvalue weighted by molar-refractivity contribution is 6.26. The fourth-order valence-electron chi connectivity index (χ4n) is 4.19. The SMILES string of the molecule is CC[C@H](C)NC(=O)[C@@H](C)N(Cc1ccccc1)C(=O)CN1C(=O)c2cccc3cccc1c23. The topological polar surface area (TPSA) is 69.7 Å². The number of hydrogen-bond acceptors (Lipinski definition) is 3. The molecule has 33 heavy (non-hydrogen) atoms. The van der Waals surface area contributed by atoms with Crippen molar-refractivity contribution in [3.8, 4) is 0 Å². The fourth-order valence-corrected chi connectivity index (χ4v) is 4.19. The number of carbonyl (C=O) groups excluding carboxylic acids is 3. The third kappa shape index (κ3) is 4.46. The first kappa shape index (κ1) is 22.5. The van der Waals surface area contributed by atoms with Crippen LogP contribution in [0.2, 0.25) is 0 Å². The summed E-state index contributed by atoms with van der Waals surface area (Å²) in [5.41, 5.74) is 2.26. The monoisotopic (exact) mass is 443 g/mol. The van der Waals surface area contributed by atoms with Gasteiger partial charge in [-0.1, -0.05) is 61.5 Å². The highest BCUT2D eigenvalue weighted by atomic mass is 16.2. The number of benzene rings is 3. The lowest BCUT2D eigenvalue weighted by molar-refractivity contribution is -0.139. The van der Waals surface area contributed by atoms with Gasteiger partial charge in [0.2, 0.25) is 11.8 Å². The third-order valence-corrected chi connectivity index (χ3v) is 6.31. The van der Waals surface area contributed by atoms with E-state index in [0.29, 0.717) is 5.56 Å². The van der Waals surface area contributed by atoms with Crippen molar-refractivity contribution in [2.24, 2.45) is 0 Å². The van der Waals surface area contributed by atoms with Crippen molar-refractivity contribution in [1.29, 1.82) is 0 Å². The first-order valence-electron chi connectivity index (χ1n) is 11.4. The highest BCUT2D eigenvalue weighted by Gasteiger charge is 2.34. The molecule has 3 aromatic rings. The lowest BCUT2D eigenvalue weighted by Crippen LogP contribution is -2.52. The van der Waals surface area contributed by atoms with Crippen LogP contribution in [0.15, 0.2) is 66.7 Å². The lowest BCUT2D eigenvalue weighted by Gasteiger charge is -2.31. The van der Waals surface area contributed by atoms with Crippen LogP contribution in [-0.2, 0) is 16.1 Å². The van der Waals surface area contributed by atoms with Gasteiger partial charge in [0.25, 0.3) is 5.91 Å². The molecular weight excluding hydrogens is 414 g/mol. The normalized spacial score (nSPS) is 14.3. The first-order chi connectivity index (χ1) is 15.9. The molecule has 0 aliphatic carbocycles. The van der Waals surface area contributed by atoms with Crippen molar-refractivity contribution < 1.29 is 14.4 Å². The summed E-state index contributed by atoms with van der Waals surface area (Å²) in [4.78, 5) is 42.7. The van der Waals surface area contributed by atoms with E-state index in [1.807, 2.05) is 74.5 Å². The van der Waals surface area contributed by atoms with Crippen LogP contribution in [-0.4, -0.2) is 41.2 Å². The molecule has 0 fully saturated rings. The molecule has 1 aliphatic rings. The van der Waals surface area contributed by atoms with Gasteiger partial charge in [0.15, 0.2) is 0 Å². The number of carbonyl (C=O) groups is 3. The van der Waals surface area contributed by atoms with E-state index in [-0.39, 0.29) is 36.9 Å². The minimum atomic E-state index is -0.678. The summed E-state index contributed by atoms with van der Waals surface area (Å²) in [6.45, 7) is 5.84. The van der Waals surface area contributed by atoms with Crippen LogP contribution in [0.1, 0.15) is 43.1 Å². The van der Waals surface area contributed by atoms with Crippen LogP contribution >= 0.6 is 0 Å². The smallest absolute Gasteiger partial charge is 0.259 e. The third-order valence-electron chi connectivity index (χ3n) is 6.31. The van der Waals surface area contributed by atoms with E-state index in [4.69, 9.17) is 0 Å². The summed E-state index contributed by atoms with van der Waals surface area (Å²) < 4.78 is 0. The Hall–Kier alpha value is -3.67. The number of nitrogens with zero attached hydrogens (tertiary/aromatic N) is 2. The molecule has 1 aliphatic heterocycles. The van der Waals surface area contributed by atoms with Crippen LogP contribution in [0.4, 0.5) is 5.69 Å². The summed E-state index contributed by atoms with van der Waals surface area (Å²) in [6.07, 6.45) is 0.801. The van der Waals surface area contributed by atoms with E-state index in [9.17, 15) is 14.4 Å². The standard InChI is InChI=1S/C27H29N3O3/c1-4-18(2)28-26(32)19(3)29(16-20-10-6-5-7-11-20)24(31)17-30-23-15-9-13-21-12-8-14-22(25(21)23)27(30)33/h5-15,18-19H,4,16-17H2,1-3H3,(H,28,32)/t18-,19+/m0/s1. The molecule has 0 unspecified atom stereocenters. The Kier molecular flexibility index (Phi) is 6.45. The maximum absolute atomic E-state index is 13.6. The molecule has 4 rings (SSSR count). The summed E-state index contributed by atoms with van der Waals surface area (Å²) in [6, 6.07) is 20.2. The summed E-state index contributed by atoms with van der Waals surface area (Å²) in [7, 11) is 0. The first-order valence-corrected chi connectivity index (χ1v) is 11.4. The van der Waals surface area contributed by atoms with E-state index in [2.05, 4.69) is 5.32 Å². The zero-order valence-electron chi connectivity index (χ0n) is 19.2. The van der Waals surface area contributed by atoms with Crippen LogP contribution in [0.3, 0.4) is 0 Å². The van der Waals surface area contributed by atoms with Gasteiger partial charge < -0.3 is 10.2 Å². The van der Waals surface area contributed by atoms with Crippen molar-refractivity contribution in [3.63, 3.8) is 0 Å². The summed E-state index contributed by atoms with van der Waals surface area (Å²) in [5, 5.41) is 4.81. The van der Waals surface area contributed by atoms with E-state index in [1.54, 1.807) is 17.9 Å². The minimum Gasteiger partial charge on any atom is -0.352 e. The number of rotatable bonds is 8. The van der Waals surface area contributed by atoms with Crippen LogP contribution < -0.4 is 10.2 Å². The minimum absolute atomic E-state index is 0.0147. The Morgan fingerprint density at radius 3 is 2.36 bits per heavy atom. The van der Waals surface area contributed by atoms with Gasteiger partial charge in [0.05, 0.1) is 5.69 Å². The average molecular weight is 444 g/mol. The van der Waals surface area contributed by atoms with Gasteiger partial charge >= 0.3 is 0 Å². The second-order valence-electron chi connectivity index (χ2n) is 8.57. The molecular formula is C27H29N3O3. The summed E-state index contributed by atoms with van der Waals surface area (Å²) >= 11 is 0. The molecule has 0 spiro atoms. The molecule has 6 heteroatoms. The Morgan fingerprint density at radius 1 is 0.970 bits per heavy atom. The quantitative estimate of drug-likeness (QED) is 0.569. The molecule has 2 atom stereocenters. The predicted molar refractivity (Wildman–Crippen MR) is 130 cm³/mol. The fraction of sp³-hybridized carbons (Fsp3) is 0.296. The van der Waals surface area contributed by atoms with Gasteiger partial charge in [-0.15, -0.1) is 0 Å². The van der Waals surface area contributed by atoms with Crippen molar-refractivity contribution in [3.05, 3.63) is 77.9 Å². The zero-order valence-corrected chi connectivity index (χ0v) is 19.2. The van der Waals surface area contributed by atoms with Gasteiger partial charge in [0.1, 0.15) is 12.6 Å². The molecule has 6 nitrogen and oxygen atoms in total. The van der Waals surface area contributed by atoms with Gasteiger partial charge in [-0.3, -0.25) is 19.3 Å². The molecule has 0 saturated heterocycles. The van der Waals surface area contributed by atoms with E-state index < -0.39 is 6.04 Å². The largest absolute Gasteiger partial charge is 0.352 e. The molecule has 0 radical (unpaired) electrons.